The number of ether oxygens (including phenoxy) is 1. The van der Waals surface area contributed by atoms with E-state index in [4.69, 9.17) is 9.84 Å². The van der Waals surface area contributed by atoms with E-state index in [1.807, 2.05) is 6.20 Å². The van der Waals surface area contributed by atoms with Gasteiger partial charge in [0, 0.05) is 29.4 Å². The number of benzene rings is 2. The second kappa shape index (κ2) is 7.76. The average Bonchev–Trinajstić information content (AvgIpc) is 3.14. The van der Waals surface area contributed by atoms with Crippen LogP contribution in [0.4, 0.5) is 4.39 Å². The molecule has 1 aliphatic carbocycles. The SMILES string of the molecule is COc1ccc(F)c(CN[C@H]2CCCc3c2cnn3-c2cccc(C)c2C)c1. The molecule has 1 heterocycles. The molecule has 0 saturated carbocycles. The molecule has 2 aromatic carbocycles. The number of nitrogens with one attached hydrogen (secondary N) is 1. The molecule has 0 aliphatic heterocycles. The smallest absolute Gasteiger partial charge is 0.127 e. The van der Waals surface area contributed by atoms with Gasteiger partial charge in [-0.1, -0.05) is 12.1 Å². The fraction of sp³-hybridized carbons (Fsp3) is 0.348. The van der Waals surface area contributed by atoms with Crippen molar-refractivity contribution in [2.24, 2.45) is 0 Å². The van der Waals surface area contributed by atoms with Crippen molar-refractivity contribution in [2.45, 2.75) is 45.7 Å². The molecular formula is C23H26FN3O. The zero-order valence-electron chi connectivity index (χ0n) is 16.6. The van der Waals surface area contributed by atoms with Crippen molar-refractivity contribution in [2.75, 3.05) is 7.11 Å². The number of nitrogens with zero attached hydrogens (tertiary/aromatic N) is 2. The quantitative estimate of drug-likeness (QED) is 0.692. The molecule has 0 amide bonds. The molecule has 5 heteroatoms. The molecule has 0 fully saturated rings. The molecule has 1 aromatic heterocycles. The van der Waals surface area contributed by atoms with Crippen molar-refractivity contribution < 1.29 is 9.13 Å². The second-order valence-electron chi connectivity index (χ2n) is 7.46. The minimum absolute atomic E-state index is 0.174. The number of aryl methyl sites for hydroxylation is 1. The van der Waals surface area contributed by atoms with E-state index in [2.05, 4.69) is 42.0 Å². The van der Waals surface area contributed by atoms with Gasteiger partial charge < -0.3 is 10.1 Å². The van der Waals surface area contributed by atoms with E-state index in [0.717, 1.165) is 24.9 Å². The van der Waals surface area contributed by atoms with Gasteiger partial charge in [-0.25, -0.2) is 9.07 Å². The Morgan fingerprint density at radius 1 is 1.25 bits per heavy atom. The minimum atomic E-state index is -0.213. The summed E-state index contributed by atoms with van der Waals surface area (Å²) >= 11 is 0. The molecule has 28 heavy (non-hydrogen) atoms. The number of methoxy groups -OCH3 is 1. The van der Waals surface area contributed by atoms with Crippen LogP contribution in [0.1, 0.15) is 46.8 Å². The van der Waals surface area contributed by atoms with Crippen molar-refractivity contribution in [1.29, 1.82) is 0 Å². The van der Waals surface area contributed by atoms with Crippen LogP contribution < -0.4 is 10.1 Å². The fourth-order valence-corrected chi connectivity index (χ4v) is 3.99. The third-order valence-electron chi connectivity index (χ3n) is 5.78. The van der Waals surface area contributed by atoms with E-state index < -0.39 is 0 Å². The van der Waals surface area contributed by atoms with Gasteiger partial charge in [0.15, 0.2) is 0 Å². The van der Waals surface area contributed by atoms with E-state index >= 15 is 0 Å². The number of hydrogen-bond donors (Lipinski definition) is 1. The first-order valence-electron chi connectivity index (χ1n) is 9.77. The largest absolute Gasteiger partial charge is 0.497 e. The minimum Gasteiger partial charge on any atom is -0.497 e. The van der Waals surface area contributed by atoms with Gasteiger partial charge in [0.25, 0.3) is 0 Å². The van der Waals surface area contributed by atoms with Gasteiger partial charge in [-0.3, -0.25) is 0 Å². The number of rotatable bonds is 5. The highest BCUT2D eigenvalue weighted by molar-refractivity contribution is 5.46. The zero-order valence-corrected chi connectivity index (χ0v) is 16.6. The molecule has 0 spiro atoms. The van der Waals surface area contributed by atoms with Gasteiger partial charge in [-0.05, 0) is 68.5 Å². The Balaban J connectivity index is 1.59. The topological polar surface area (TPSA) is 39.1 Å². The highest BCUT2D eigenvalue weighted by Gasteiger charge is 2.25. The van der Waals surface area contributed by atoms with Gasteiger partial charge in [0.1, 0.15) is 11.6 Å². The van der Waals surface area contributed by atoms with Crippen molar-refractivity contribution >= 4 is 0 Å². The van der Waals surface area contributed by atoms with Crippen LogP contribution in [-0.4, -0.2) is 16.9 Å². The van der Waals surface area contributed by atoms with Crippen LogP contribution in [0.15, 0.2) is 42.6 Å². The molecular weight excluding hydrogens is 353 g/mol. The standard InChI is InChI=1S/C23H26FN3O/c1-15-6-4-8-22(16(15)2)27-23-9-5-7-21(19(23)14-26-27)25-13-17-12-18(28-3)10-11-20(17)24/h4,6,8,10-12,14,21,25H,5,7,9,13H2,1-3H3/t21-/m0/s1. The lowest BCUT2D eigenvalue weighted by Crippen LogP contribution is -2.25. The number of halogens is 1. The molecule has 0 bridgehead atoms. The highest BCUT2D eigenvalue weighted by Crippen LogP contribution is 2.32. The summed E-state index contributed by atoms with van der Waals surface area (Å²) in [6.45, 7) is 4.73. The first-order valence-corrected chi connectivity index (χ1v) is 9.77. The maximum Gasteiger partial charge on any atom is 0.127 e. The van der Waals surface area contributed by atoms with Crippen LogP contribution in [0.2, 0.25) is 0 Å². The maximum atomic E-state index is 14.2. The summed E-state index contributed by atoms with van der Waals surface area (Å²) in [4.78, 5) is 0. The van der Waals surface area contributed by atoms with E-state index in [0.29, 0.717) is 17.9 Å². The molecule has 146 valence electrons. The van der Waals surface area contributed by atoms with Crippen LogP contribution in [0.3, 0.4) is 0 Å². The van der Waals surface area contributed by atoms with Crippen LogP contribution >= 0.6 is 0 Å². The van der Waals surface area contributed by atoms with Crippen molar-refractivity contribution in [3.8, 4) is 11.4 Å². The van der Waals surface area contributed by atoms with Crippen LogP contribution in [0.5, 0.6) is 5.75 Å². The van der Waals surface area contributed by atoms with Gasteiger partial charge in [0.2, 0.25) is 0 Å². The average molecular weight is 379 g/mol. The fourth-order valence-electron chi connectivity index (χ4n) is 3.99. The second-order valence-corrected chi connectivity index (χ2v) is 7.46. The van der Waals surface area contributed by atoms with E-state index in [9.17, 15) is 4.39 Å². The molecule has 0 saturated heterocycles. The monoisotopic (exact) mass is 379 g/mol. The Morgan fingerprint density at radius 3 is 2.93 bits per heavy atom. The molecule has 0 unspecified atom stereocenters. The molecule has 1 atom stereocenters. The Bertz CT molecular complexity index is 996. The van der Waals surface area contributed by atoms with Crippen molar-refractivity contribution in [1.82, 2.24) is 15.1 Å². The lowest BCUT2D eigenvalue weighted by atomic mass is 9.92. The Hall–Kier alpha value is -2.66. The van der Waals surface area contributed by atoms with Crippen molar-refractivity contribution in [3.63, 3.8) is 0 Å². The normalized spacial score (nSPS) is 16.1. The first-order chi connectivity index (χ1) is 13.6. The zero-order chi connectivity index (χ0) is 19.7. The lowest BCUT2D eigenvalue weighted by molar-refractivity contribution is 0.410. The van der Waals surface area contributed by atoms with Gasteiger partial charge in [-0.15, -0.1) is 0 Å². The predicted octanol–water partition coefficient (Wildman–Crippen LogP) is 4.80. The number of fused-ring (bicyclic) bond motifs is 1. The van der Waals surface area contributed by atoms with Crippen LogP contribution in [0.25, 0.3) is 5.69 Å². The van der Waals surface area contributed by atoms with Gasteiger partial charge >= 0.3 is 0 Å². The predicted molar refractivity (Wildman–Crippen MR) is 109 cm³/mol. The summed E-state index contributed by atoms with van der Waals surface area (Å²) in [5.41, 5.74) is 6.75. The summed E-state index contributed by atoms with van der Waals surface area (Å²) in [7, 11) is 1.60. The Morgan fingerprint density at radius 2 is 2.11 bits per heavy atom. The van der Waals surface area contributed by atoms with E-state index in [1.165, 1.54) is 28.5 Å². The van der Waals surface area contributed by atoms with E-state index in [1.54, 1.807) is 19.2 Å². The summed E-state index contributed by atoms with van der Waals surface area (Å²) in [5, 5.41) is 8.23. The molecule has 0 radical (unpaired) electrons. The summed E-state index contributed by atoms with van der Waals surface area (Å²) in [6.07, 6.45) is 5.09. The Labute approximate surface area is 165 Å². The van der Waals surface area contributed by atoms with Crippen LogP contribution in [-0.2, 0) is 13.0 Å². The molecule has 4 nitrogen and oxygen atoms in total. The van der Waals surface area contributed by atoms with Crippen molar-refractivity contribution in [3.05, 3.63) is 76.4 Å². The molecule has 3 aromatic rings. The summed E-state index contributed by atoms with van der Waals surface area (Å²) in [6, 6.07) is 11.4. The van der Waals surface area contributed by atoms with E-state index in [-0.39, 0.29) is 11.9 Å². The van der Waals surface area contributed by atoms with Crippen LogP contribution in [0, 0.1) is 19.7 Å². The third-order valence-corrected chi connectivity index (χ3v) is 5.78. The molecule has 1 aliphatic rings. The Kier molecular flexibility index (Phi) is 5.18. The summed E-state index contributed by atoms with van der Waals surface area (Å²) < 4.78 is 21.5. The molecule has 4 rings (SSSR count). The van der Waals surface area contributed by atoms with Gasteiger partial charge in [0.05, 0.1) is 19.0 Å². The number of aromatic nitrogens is 2. The highest BCUT2D eigenvalue weighted by atomic mass is 19.1. The summed E-state index contributed by atoms with van der Waals surface area (Å²) in [5.74, 6) is 0.459. The maximum absolute atomic E-state index is 14.2. The third kappa shape index (κ3) is 3.42. The van der Waals surface area contributed by atoms with Gasteiger partial charge in [-0.2, -0.15) is 5.10 Å². The number of hydrogen-bond acceptors (Lipinski definition) is 3. The molecule has 1 N–H and O–H groups in total. The first kappa shape index (κ1) is 18.7. The lowest BCUT2D eigenvalue weighted by Gasteiger charge is -2.25.